The molecule has 1 saturated heterocycles. The predicted octanol–water partition coefficient (Wildman–Crippen LogP) is 0.826. The Morgan fingerprint density at radius 2 is 2.10 bits per heavy atom. The molecule has 2 heterocycles. The molecule has 0 spiro atoms. The highest BCUT2D eigenvalue weighted by molar-refractivity contribution is 5.97. The number of nitrogens with zero attached hydrogens (tertiary/aromatic N) is 3. The summed E-state index contributed by atoms with van der Waals surface area (Å²) in [6, 6.07) is 5.39. The van der Waals surface area contributed by atoms with Gasteiger partial charge in [-0.25, -0.2) is 14.8 Å². The molecule has 1 N–H and O–H groups in total. The maximum atomic E-state index is 11.6. The maximum absolute atomic E-state index is 11.6. The predicted molar refractivity (Wildman–Crippen MR) is 76.0 cm³/mol. The van der Waals surface area contributed by atoms with E-state index in [0.717, 1.165) is 42.9 Å². The minimum atomic E-state index is -0.353. The summed E-state index contributed by atoms with van der Waals surface area (Å²) >= 11 is 0. The number of ether oxygens (including phenoxy) is 1. The highest BCUT2D eigenvalue weighted by Crippen LogP contribution is 2.24. The number of anilines is 1. The molecule has 2 aromatic rings. The Bertz CT molecular complexity index is 638. The van der Waals surface area contributed by atoms with Gasteiger partial charge in [-0.3, -0.25) is 0 Å². The monoisotopic (exact) mass is 272 g/mol. The van der Waals surface area contributed by atoms with Crippen LogP contribution in [-0.2, 0) is 4.74 Å². The summed E-state index contributed by atoms with van der Waals surface area (Å²) in [7, 11) is 1.37. The van der Waals surface area contributed by atoms with Crippen molar-refractivity contribution >= 4 is 22.7 Å². The molecule has 1 fully saturated rings. The van der Waals surface area contributed by atoms with Gasteiger partial charge in [-0.2, -0.15) is 0 Å². The third-order valence-corrected chi connectivity index (χ3v) is 3.45. The van der Waals surface area contributed by atoms with Crippen molar-refractivity contribution in [3.8, 4) is 0 Å². The van der Waals surface area contributed by atoms with Crippen molar-refractivity contribution in [2.75, 3.05) is 38.2 Å². The summed E-state index contributed by atoms with van der Waals surface area (Å²) in [6.07, 6.45) is 1.54. The van der Waals surface area contributed by atoms with Gasteiger partial charge in [0.1, 0.15) is 12.1 Å². The number of fused-ring (bicyclic) bond motifs is 1. The van der Waals surface area contributed by atoms with Crippen molar-refractivity contribution in [2.45, 2.75) is 0 Å². The normalized spacial score (nSPS) is 15.3. The third-order valence-electron chi connectivity index (χ3n) is 3.45. The van der Waals surface area contributed by atoms with Gasteiger partial charge in [-0.1, -0.05) is 0 Å². The van der Waals surface area contributed by atoms with Gasteiger partial charge in [0.15, 0.2) is 0 Å². The van der Waals surface area contributed by atoms with Gasteiger partial charge in [0.2, 0.25) is 0 Å². The van der Waals surface area contributed by atoms with E-state index >= 15 is 0 Å². The molecule has 0 saturated carbocycles. The molecular weight excluding hydrogens is 256 g/mol. The molecule has 1 aliphatic rings. The van der Waals surface area contributed by atoms with Gasteiger partial charge in [-0.15, -0.1) is 0 Å². The fraction of sp³-hybridized carbons (Fsp3) is 0.357. The van der Waals surface area contributed by atoms with E-state index in [-0.39, 0.29) is 5.97 Å². The van der Waals surface area contributed by atoms with Gasteiger partial charge in [0, 0.05) is 31.6 Å². The van der Waals surface area contributed by atoms with E-state index in [4.69, 9.17) is 4.74 Å². The van der Waals surface area contributed by atoms with Gasteiger partial charge < -0.3 is 15.0 Å². The second kappa shape index (κ2) is 5.42. The van der Waals surface area contributed by atoms with E-state index in [1.165, 1.54) is 7.11 Å². The minimum Gasteiger partial charge on any atom is -0.465 e. The van der Waals surface area contributed by atoms with Crippen LogP contribution in [0.15, 0.2) is 24.5 Å². The lowest BCUT2D eigenvalue weighted by atomic mass is 10.1. The summed E-state index contributed by atoms with van der Waals surface area (Å²) in [4.78, 5) is 22.4. The zero-order valence-corrected chi connectivity index (χ0v) is 11.3. The summed E-state index contributed by atoms with van der Waals surface area (Å²) in [5.74, 6) is 0.571. The molecule has 0 aliphatic carbocycles. The fourth-order valence-corrected chi connectivity index (χ4v) is 2.42. The largest absolute Gasteiger partial charge is 0.465 e. The highest BCUT2D eigenvalue weighted by Gasteiger charge is 2.16. The SMILES string of the molecule is COC(=O)c1ccc2c(N3CCNCC3)ncnc2c1. The Kier molecular flexibility index (Phi) is 3.47. The van der Waals surface area contributed by atoms with Crippen LogP contribution in [0.2, 0.25) is 0 Å². The molecule has 20 heavy (non-hydrogen) atoms. The Morgan fingerprint density at radius 1 is 1.30 bits per heavy atom. The molecule has 3 rings (SSSR count). The molecule has 0 atom stereocenters. The van der Waals surface area contributed by atoms with Crippen LogP contribution < -0.4 is 10.2 Å². The Morgan fingerprint density at radius 3 is 2.85 bits per heavy atom. The molecule has 0 amide bonds. The first-order valence-corrected chi connectivity index (χ1v) is 6.58. The van der Waals surface area contributed by atoms with Gasteiger partial charge >= 0.3 is 5.97 Å². The van der Waals surface area contributed by atoms with Crippen LogP contribution in [0.25, 0.3) is 10.9 Å². The Labute approximate surface area is 116 Å². The smallest absolute Gasteiger partial charge is 0.337 e. The molecule has 104 valence electrons. The molecule has 1 aliphatic heterocycles. The van der Waals surface area contributed by atoms with Crippen molar-refractivity contribution < 1.29 is 9.53 Å². The molecule has 0 radical (unpaired) electrons. The average molecular weight is 272 g/mol. The van der Waals surface area contributed by atoms with E-state index in [1.807, 2.05) is 6.07 Å². The van der Waals surface area contributed by atoms with Gasteiger partial charge in [0.25, 0.3) is 0 Å². The standard InChI is InChI=1S/C14H16N4O2/c1-20-14(19)10-2-3-11-12(8-10)16-9-17-13(11)18-6-4-15-5-7-18/h2-3,8-9,15H,4-7H2,1H3. The number of hydrogen-bond acceptors (Lipinski definition) is 6. The van der Waals surface area contributed by atoms with Crippen LogP contribution in [0.5, 0.6) is 0 Å². The average Bonchev–Trinajstić information content (AvgIpc) is 2.53. The molecule has 6 nitrogen and oxygen atoms in total. The minimum absolute atomic E-state index is 0.353. The van der Waals surface area contributed by atoms with E-state index in [1.54, 1.807) is 18.5 Å². The first kappa shape index (κ1) is 12.8. The second-order valence-corrected chi connectivity index (χ2v) is 4.66. The first-order valence-electron chi connectivity index (χ1n) is 6.58. The van der Waals surface area contributed by atoms with Crippen LogP contribution >= 0.6 is 0 Å². The molecule has 0 unspecified atom stereocenters. The van der Waals surface area contributed by atoms with Gasteiger partial charge in [0.05, 0.1) is 18.2 Å². The van der Waals surface area contributed by atoms with E-state index in [9.17, 15) is 4.79 Å². The zero-order valence-electron chi connectivity index (χ0n) is 11.3. The first-order chi connectivity index (χ1) is 9.79. The zero-order chi connectivity index (χ0) is 13.9. The maximum Gasteiger partial charge on any atom is 0.337 e. The lowest BCUT2D eigenvalue weighted by molar-refractivity contribution is 0.0601. The fourth-order valence-electron chi connectivity index (χ4n) is 2.42. The van der Waals surface area contributed by atoms with Crippen LogP contribution in [0.3, 0.4) is 0 Å². The molecule has 1 aromatic heterocycles. The number of carbonyl (C=O) groups excluding carboxylic acids is 1. The lowest BCUT2D eigenvalue weighted by Crippen LogP contribution is -2.44. The van der Waals surface area contributed by atoms with E-state index in [2.05, 4.69) is 20.2 Å². The molecular formula is C14H16N4O2. The summed E-state index contributed by atoms with van der Waals surface area (Å²) < 4.78 is 4.73. The van der Waals surface area contributed by atoms with Crippen molar-refractivity contribution in [3.63, 3.8) is 0 Å². The summed E-state index contributed by atoms with van der Waals surface area (Å²) in [5, 5.41) is 4.28. The summed E-state index contributed by atoms with van der Waals surface area (Å²) in [6.45, 7) is 3.74. The van der Waals surface area contributed by atoms with Crippen molar-refractivity contribution in [1.29, 1.82) is 0 Å². The lowest BCUT2D eigenvalue weighted by Gasteiger charge is -2.29. The Hall–Kier alpha value is -2.21. The van der Waals surface area contributed by atoms with Crippen molar-refractivity contribution in [1.82, 2.24) is 15.3 Å². The number of piperazine rings is 1. The van der Waals surface area contributed by atoms with Crippen LogP contribution in [0.1, 0.15) is 10.4 Å². The van der Waals surface area contributed by atoms with Crippen molar-refractivity contribution in [3.05, 3.63) is 30.1 Å². The second-order valence-electron chi connectivity index (χ2n) is 4.66. The number of rotatable bonds is 2. The number of benzene rings is 1. The third kappa shape index (κ3) is 2.30. The van der Waals surface area contributed by atoms with Crippen LogP contribution in [-0.4, -0.2) is 49.2 Å². The number of hydrogen-bond donors (Lipinski definition) is 1. The number of methoxy groups -OCH3 is 1. The number of nitrogens with one attached hydrogen (secondary N) is 1. The van der Waals surface area contributed by atoms with E-state index < -0.39 is 0 Å². The van der Waals surface area contributed by atoms with E-state index in [0.29, 0.717) is 5.56 Å². The molecule has 6 heteroatoms. The molecule has 1 aromatic carbocycles. The number of aromatic nitrogens is 2. The van der Waals surface area contributed by atoms with Crippen LogP contribution in [0, 0.1) is 0 Å². The highest BCUT2D eigenvalue weighted by atomic mass is 16.5. The quantitative estimate of drug-likeness (QED) is 0.817. The van der Waals surface area contributed by atoms with Gasteiger partial charge in [-0.05, 0) is 18.2 Å². The number of carbonyl (C=O) groups is 1. The topological polar surface area (TPSA) is 67.3 Å². The van der Waals surface area contributed by atoms with Crippen molar-refractivity contribution in [2.24, 2.45) is 0 Å². The Balaban J connectivity index is 2.03. The molecule has 0 bridgehead atoms. The van der Waals surface area contributed by atoms with Crippen LogP contribution in [0.4, 0.5) is 5.82 Å². The number of esters is 1. The summed E-state index contributed by atoms with van der Waals surface area (Å²) in [5.41, 5.74) is 1.27.